The van der Waals surface area contributed by atoms with E-state index in [0.29, 0.717) is 5.56 Å². The molecule has 106 valence electrons. The quantitative estimate of drug-likeness (QED) is 0.516. The zero-order valence-electron chi connectivity index (χ0n) is 11.1. The van der Waals surface area contributed by atoms with Crippen molar-refractivity contribution in [3.8, 4) is 0 Å². The number of anilines is 1. The molecule has 7 nitrogen and oxygen atoms in total. The molecule has 0 saturated heterocycles. The van der Waals surface area contributed by atoms with Gasteiger partial charge in [0.05, 0.1) is 17.6 Å². The summed E-state index contributed by atoms with van der Waals surface area (Å²) in [5.41, 5.74) is 0.369. The van der Waals surface area contributed by atoms with Crippen molar-refractivity contribution in [2.45, 2.75) is 19.8 Å². The van der Waals surface area contributed by atoms with Crippen molar-refractivity contribution in [3.63, 3.8) is 0 Å². The number of benzene rings is 1. The largest absolute Gasteiger partial charge is 0.465 e. The van der Waals surface area contributed by atoms with Crippen LogP contribution in [0.2, 0.25) is 0 Å². The number of hydrogen-bond donors (Lipinski definition) is 1. The highest BCUT2D eigenvalue weighted by Crippen LogP contribution is 2.34. The summed E-state index contributed by atoms with van der Waals surface area (Å²) in [5.74, 6) is -0.937. The minimum Gasteiger partial charge on any atom is -0.465 e. The SMILES string of the molecule is COC(=O)c1cc(C)c(NC(=O)C2CC2)c([N+](=O)[O-])c1. The maximum absolute atomic E-state index is 11.8. The number of nitro groups is 1. The third kappa shape index (κ3) is 2.76. The summed E-state index contributed by atoms with van der Waals surface area (Å²) >= 11 is 0. The molecule has 20 heavy (non-hydrogen) atoms. The number of aryl methyl sites for hydroxylation is 1. The Hall–Kier alpha value is -2.44. The number of nitro benzene ring substituents is 1. The van der Waals surface area contributed by atoms with Gasteiger partial charge >= 0.3 is 5.97 Å². The topological polar surface area (TPSA) is 98.5 Å². The van der Waals surface area contributed by atoms with Crippen LogP contribution in [0.3, 0.4) is 0 Å². The number of amides is 1. The van der Waals surface area contributed by atoms with E-state index in [2.05, 4.69) is 10.1 Å². The van der Waals surface area contributed by atoms with E-state index in [1.807, 2.05) is 0 Å². The van der Waals surface area contributed by atoms with Crippen molar-refractivity contribution in [1.29, 1.82) is 0 Å². The number of nitrogens with zero attached hydrogens (tertiary/aromatic N) is 1. The van der Waals surface area contributed by atoms with E-state index >= 15 is 0 Å². The van der Waals surface area contributed by atoms with Gasteiger partial charge < -0.3 is 10.1 Å². The number of nitrogens with one attached hydrogen (secondary N) is 1. The maximum Gasteiger partial charge on any atom is 0.338 e. The predicted molar refractivity (Wildman–Crippen MR) is 70.5 cm³/mol. The van der Waals surface area contributed by atoms with Gasteiger partial charge in [-0.2, -0.15) is 0 Å². The lowest BCUT2D eigenvalue weighted by Crippen LogP contribution is -2.16. The first-order valence-corrected chi connectivity index (χ1v) is 6.12. The number of carbonyl (C=O) groups excluding carboxylic acids is 2. The van der Waals surface area contributed by atoms with Crippen LogP contribution in [-0.4, -0.2) is 23.9 Å². The first-order chi connectivity index (χ1) is 9.43. The van der Waals surface area contributed by atoms with Crippen LogP contribution in [0, 0.1) is 23.0 Å². The van der Waals surface area contributed by atoms with Crippen LogP contribution in [0.4, 0.5) is 11.4 Å². The van der Waals surface area contributed by atoms with Crippen LogP contribution >= 0.6 is 0 Å². The average Bonchev–Trinajstić information content (AvgIpc) is 3.23. The molecule has 1 fully saturated rings. The highest BCUT2D eigenvalue weighted by Gasteiger charge is 2.32. The third-order valence-electron chi connectivity index (χ3n) is 3.13. The summed E-state index contributed by atoms with van der Waals surface area (Å²) in [6.45, 7) is 1.60. The van der Waals surface area contributed by atoms with Crippen LogP contribution in [-0.2, 0) is 9.53 Å². The van der Waals surface area contributed by atoms with E-state index in [1.54, 1.807) is 6.92 Å². The molecule has 0 aromatic heterocycles. The van der Waals surface area contributed by atoms with Crippen LogP contribution in [0.5, 0.6) is 0 Å². The van der Waals surface area contributed by atoms with Gasteiger partial charge in [0.1, 0.15) is 5.69 Å². The van der Waals surface area contributed by atoms with E-state index in [-0.39, 0.29) is 28.8 Å². The fraction of sp³-hybridized carbons (Fsp3) is 0.385. The summed E-state index contributed by atoms with van der Waals surface area (Å²) < 4.78 is 4.55. The van der Waals surface area contributed by atoms with Gasteiger partial charge in [-0.3, -0.25) is 14.9 Å². The number of carbonyl (C=O) groups is 2. The molecule has 0 unspecified atom stereocenters. The Kier molecular flexibility index (Phi) is 3.69. The van der Waals surface area contributed by atoms with Crippen molar-refractivity contribution < 1.29 is 19.2 Å². The molecule has 0 aliphatic heterocycles. The Morgan fingerprint density at radius 3 is 2.55 bits per heavy atom. The summed E-state index contributed by atoms with van der Waals surface area (Å²) in [6, 6.07) is 2.57. The summed E-state index contributed by atoms with van der Waals surface area (Å²) in [4.78, 5) is 33.7. The van der Waals surface area contributed by atoms with Crippen LogP contribution in [0.1, 0.15) is 28.8 Å². The van der Waals surface area contributed by atoms with Gasteiger partial charge in [-0.25, -0.2) is 4.79 Å². The van der Waals surface area contributed by atoms with Gasteiger partial charge in [-0.15, -0.1) is 0 Å². The Morgan fingerprint density at radius 1 is 1.40 bits per heavy atom. The Labute approximate surface area is 115 Å². The Bertz CT molecular complexity index is 593. The van der Waals surface area contributed by atoms with Crippen molar-refractivity contribution in [3.05, 3.63) is 33.4 Å². The van der Waals surface area contributed by atoms with Crippen LogP contribution < -0.4 is 5.32 Å². The van der Waals surface area contributed by atoms with Gasteiger partial charge in [0, 0.05) is 12.0 Å². The first-order valence-electron chi connectivity index (χ1n) is 6.12. The Morgan fingerprint density at radius 2 is 2.05 bits per heavy atom. The van der Waals surface area contributed by atoms with Gasteiger partial charge in [-0.1, -0.05) is 0 Å². The molecule has 1 amide bonds. The van der Waals surface area contributed by atoms with Gasteiger partial charge in [-0.05, 0) is 31.4 Å². The van der Waals surface area contributed by atoms with E-state index in [0.717, 1.165) is 18.9 Å². The molecule has 1 N–H and O–H groups in total. The normalized spacial score (nSPS) is 13.7. The molecule has 1 aliphatic rings. The molecule has 1 aromatic rings. The van der Waals surface area contributed by atoms with Crippen molar-refractivity contribution in [1.82, 2.24) is 0 Å². The lowest BCUT2D eigenvalue weighted by atomic mass is 10.1. The first kappa shape index (κ1) is 14.0. The zero-order chi connectivity index (χ0) is 14.9. The molecule has 1 saturated carbocycles. The zero-order valence-corrected chi connectivity index (χ0v) is 11.1. The van der Waals surface area contributed by atoms with Gasteiger partial charge in [0.25, 0.3) is 5.69 Å². The number of methoxy groups -OCH3 is 1. The van der Waals surface area contributed by atoms with Crippen molar-refractivity contribution >= 4 is 23.3 Å². The highest BCUT2D eigenvalue weighted by molar-refractivity contribution is 5.99. The van der Waals surface area contributed by atoms with Gasteiger partial charge in [0.2, 0.25) is 5.91 Å². The van der Waals surface area contributed by atoms with E-state index in [1.165, 1.54) is 13.2 Å². The minimum absolute atomic E-state index is 0.0608. The maximum atomic E-state index is 11.8. The lowest BCUT2D eigenvalue weighted by molar-refractivity contribution is -0.384. The van der Waals surface area contributed by atoms with E-state index in [9.17, 15) is 19.7 Å². The molecular formula is C13H14N2O5. The van der Waals surface area contributed by atoms with E-state index in [4.69, 9.17) is 0 Å². The fourth-order valence-electron chi connectivity index (χ4n) is 1.88. The molecule has 1 aliphatic carbocycles. The van der Waals surface area contributed by atoms with Crippen molar-refractivity contribution in [2.75, 3.05) is 12.4 Å². The minimum atomic E-state index is -0.656. The molecule has 0 radical (unpaired) electrons. The van der Waals surface area contributed by atoms with Crippen molar-refractivity contribution in [2.24, 2.45) is 5.92 Å². The van der Waals surface area contributed by atoms with Gasteiger partial charge in [0.15, 0.2) is 0 Å². The standard InChI is InChI=1S/C13H14N2O5/c1-7-5-9(13(17)20-2)6-10(15(18)19)11(7)14-12(16)8-3-4-8/h5-6,8H,3-4H2,1-2H3,(H,14,16). The number of ether oxygens (including phenoxy) is 1. The molecule has 0 spiro atoms. The van der Waals surface area contributed by atoms with E-state index < -0.39 is 10.9 Å². The van der Waals surface area contributed by atoms with Crippen LogP contribution in [0.25, 0.3) is 0 Å². The second-order valence-electron chi connectivity index (χ2n) is 4.70. The highest BCUT2D eigenvalue weighted by atomic mass is 16.6. The summed E-state index contributed by atoms with van der Waals surface area (Å²) in [7, 11) is 1.20. The number of hydrogen-bond acceptors (Lipinski definition) is 5. The molecular weight excluding hydrogens is 264 g/mol. The molecule has 2 rings (SSSR count). The monoisotopic (exact) mass is 278 g/mol. The number of esters is 1. The summed E-state index contributed by atoms with van der Waals surface area (Å²) in [6.07, 6.45) is 1.61. The molecule has 0 heterocycles. The Balaban J connectivity index is 2.41. The smallest absolute Gasteiger partial charge is 0.338 e. The van der Waals surface area contributed by atoms with Crippen LogP contribution in [0.15, 0.2) is 12.1 Å². The molecule has 7 heteroatoms. The predicted octanol–water partition coefficient (Wildman–Crippen LogP) is 2.04. The molecule has 0 bridgehead atoms. The third-order valence-corrected chi connectivity index (χ3v) is 3.13. The molecule has 1 aromatic carbocycles. The fourth-order valence-corrected chi connectivity index (χ4v) is 1.88. The lowest BCUT2D eigenvalue weighted by Gasteiger charge is -2.10. The second-order valence-corrected chi connectivity index (χ2v) is 4.70. The average molecular weight is 278 g/mol. The molecule has 0 atom stereocenters. The summed E-state index contributed by atoms with van der Waals surface area (Å²) in [5, 5.41) is 13.7. The number of rotatable bonds is 4. The second kappa shape index (κ2) is 5.28.